The first-order chi connectivity index (χ1) is 7.93. The molecule has 1 aliphatic rings. The van der Waals surface area contributed by atoms with Crippen LogP contribution >= 0.6 is 24.8 Å². The van der Waals surface area contributed by atoms with Gasteiger partial charge in [0.25, 0.3) is 0 Å². The Morgan fingerprint density at radius 3 is 2.61 bits per heavy atom. The maximum Gasteiger partial charge on any atom is 0.159 e. The molecule has 2 heterocycles. The molecule has 3 nitrogen and oxygen atoms in total. The Morgan fingerprint density at radius 2 is 1.83 bits per heavy atom. The van der Waals surface area contributed by atoms with Gasteiger partial charge in [0.1, 0.15) is 0 Å². The molecule has 0 amide bonds. The van der Waals surface area contributed by atoms with Gasteiger partial charge in [0.05, 0.1) is 5.69 Å². The topological polar surface area (TPSA) is 37.8 Å². The van der Waals surface area contributed by atoms with Gasteiger partial charge >= 0.3 is 0 Å². The van der Waals surface area contributed by atoms with Crippen LogP contribution in [0.4, 0.5) is 0 Å². The normalized spacial score (nSPS) is 12.9. The number of benzene rings is 1. The lowest BCUT2D eigenvalue weighted by molar-refractivity contribution is 0.626. The van der Waals surface area contributed by atoms with Crippen LogP contribution in [0.25, 0.3) is 11.4 Å². The molecular formula is C13H15Cl2N3. The van der Waals surface area contributed by atoms with Gasteiger partial charge in [0.2, 0.25) is 0 Å². The van der Waals surface area contributed by atoms with E-state index in [9.17, 15) is 0 Å². The largest absolute Gasteiger partial charge is 0.312 e. The quantitative estimate of drug-likeness (QED) is 0.874. The summed E-state index contributed by atoms with van der Waals surface area (Å²) in [6.07, 6.45) is 2.94. The summed E-state index contributed by atoms with van der Waals surface area (Å²) in [5, 5.41) is 3.32. The van der Waals surface area contributed by atoms with Crippen LogP contribution < -0.4 is 5.32 Å². The number of hydrogen-bond donors (Lipinski definition) is 1. The lowest BCUT2D eigenvalue weighted by atomic mass is 10.1. The monoisotopic (exact) mass is 283 g/mol. The Balaban J connectivity index is 0.000000810. The Hall–Kier alpha value is -1.16. The van der Waals surface area contributed by atoms with Crippen molar-refractivity contribution in [3.63, 3.8) is 0 Å². The summed E-state index contributed by atoms with van der Waals surface area (Å²) in [4.78, 5) is 9.04. The third kappa shape index (κ3) is 2.99. The minimum Gasteiger partial charge on any atom is -0.312 e. The summed E-state index contributed by atoms with van der Waals surface area (Å²) in [5.74, 6) is 0.834. The van der Waals surface area contributed by atoms with Crippen molar-refractivity contribution in [2.45, 2.75) is 13.0 Å². The van der Waals surface area contributed by atoms with Crippen molar-refractivity contribution in [3.05, 3.63) is 47.8 Å². The molecule has 1 aliphatic heterocycles. The Bertz CT molecular complexity index is 503. The molecule has 0 spiro atoms. The summed E-state index contributed by atoms with van der Waals surface area (Å²) < 4.78 is 0. The van der Waals surface area contributed by atoms with Gasteiger partial charge in [-0.1, -0.05) is 30.3 Å². The highest BCUT2D eigenvalue weighted by molar-refractivity contribution is 5.85. The van der Waals surface area contributed by atoms with Gasteiger partial charge in [-0.15, -0.1) is 24.8 Å². The van der Waals surface area contributed by atoms with Crippen LogP contribution in [0.3, 0.4) is 0 Å². The van der Waals surface area contributed by atoms with Crippen LogP contribution in [-0.2, 0) is 13.0 Å². The molecule has 1 N–H and O–H groups in total. The van der Waals surface area contributed by atoms with E-state index in [4.69, 9.17) is 0 Å². The molecule has 2 aromatic rings. The molecule has 18 heavy (non-hydrogen) atoms. The molecule has 0 fully saturated rings. The van der Waals surface area contributed by atoms with Crippen molar-refractivity contribution in [3.8, 4) is 11.4 Å². The lowest BCUT2D eigenvalue weighted by Gasteiger charge is -2.15. The van der Waals surface area contributed by atoms with Crippen molar-refractivity contribution in [2.75, 3.05) is 6.54 Å². The summed E-state index contributed by atoms with van der Waals surface area (Å²) in [6.45, 7) is 1.91. The average molecular weight is 284 g/mol. The maximum absolute atomic E-state index is 4.63. The van der Waals surface area contributed by atoms with Crippen LogP contribution in [0, 0.1) is 0 Å². The van der Waals surface area contributed by atoms with E-state index in [1.54, 1.807) is 0 Å². The highest BCUT2D eigenvalue weighted by Gasteiger charge is 2.11. The van der Waals surface area contributed by atoms with Crippen molar-refractivity contribution in [1.29, 1.82) is 0 Å². The molecule has 3 rings (SSSR count). The fourth-order valence-corrected chi connectivity index (χ4v) is 1.96. The smallest absolute Gasteiger partial charge is 0.159 e. The number of fused-ring (bicyclic) bond motifs is 1. The van der Waals surface area contributed by atoms with Gasteiger partial charge < -0.3 is 5.32 Å². The van der Waals surface area contributed by atoms with E-state index in [0.717, 1.165) is 30.9 Å². The van der Waals surface area contributed by atoms with Gasteiger partial charge in [0, 0.05) is 36.8 Å². The highest BCUT2D eigenvalue weighted by atomic mass is 35.5. The molecule has 0 aliphatic carbocycles. The van der Waals surface area contributed by atoms with Gasteiger partial charge in [-0.25, -0.2) is 9.97 Å². The molecule has 0 bridgehead atoms. The second-order valence-corrected chi connectivity index (χ2v) is 3.96. The molecule has 0 unspecified atom stereocenters. The number of nitrogens with one attached hydrogen (secondary N) is 1. The van der Waals surface area contributed by atoms with Crippen molar-refractivity contribution < 1.29 is 0 Å². The lowest BCUT2D eigenvalue weighted by Crippen LogP contribution is -2.24. The molecule has 0 saturated heterocycles. The van der Waals surface area contributed by atoms with E-state index >= 15 is 0 Å². The number of hydrogen-bond acceptors (Lipinski definition) is 3. The zero-order valence-electron chi connectivity index (χ0n) is 9.80. The van der Waals surface area contributed by atoms with Gasteiger partial charge in [-0.2, -0.15) is 0 Å². The fourth-order valence-electron chi connectivity index (χ4n) is 1.96. The number of halogens is 2. The minimum absolute atomic E-state index is 0. The molecule has 1 aromatic heterocycles. The second-order valence-electron chi connectivity index (χ2n) is 3.96. The first kappa shape index (κ1) is 14.9. The second kappa shape index (κ2) is 6.69. The summed E-state index contributed by atoms with van der Waals surface area (Å²) >= 11 is 0. The van der Waals surface area contributed by atoms with Crippen molar-refractivity contribution in [1.82, 2.24) is 15.3 Å². The molecule has 1 aromatic carbocycles. The predicted octanol–water partition coefficient (Wildman–Crippen LogP) is 2.63. The summed E-state index contributed by atoms with van der Waals surface area (Å²) in [6, 6.07) is 10.1. The van der Waals surface area contributed by atoms with Crippen LogP contribution in [0.1, 0.15) is 11.3 Å². The molecule has 0 saturated carbocycles. The molecular weight excluding hydrogens is 269 g/mol. The van der Waals surface area contributed by atoms with E-state index in [1.807, 2.05) is 36.5 Å². The fraction of sp³-hybridized carbons (Fsp3) is 0.231. The molecule has 0 atom stereocenters. The first-order valence-electron chi connectivity index (χ1n) is 5.54. The van der Waals surface area contributed by atoms with Crippen LogP contribution in [0.15, 0.2) is 36.5 Å². The Labute approximate surface area is 119 Å². The zero-order valence-corrected chi connectivity index (χ0v) is 11.4. The van der Waals surface area contributed by atoms with Crippen LogP contribution in [-0.4, -0.2) is 16.5 Å². The van der Waals surface area contributed by atoms with E-state index in [-0.39, 0.29) is 24.8 Å². The first-order valence-corrected chi connectivity index (χ1v) is 5.54. The Morgan fingerprint density at radius 1 is 1.06 bits per heavy atom. The zero-order chi connectivity index (χ0) is 10.8. The number of aromatic nitrogens is 2. The Kier molecular flexibility index (Phi) is 5.54. The van der Waals surface area contributed by atoms with Crippen LogP contribution in [0.5, 0.6) is 0 Å². The van der Waals surface area contributed by atoms with Gasteiger partial charge in [-0.05, 0) is 0 Å². The number of rotatable bonds is 1. The standard InChI is InChI=1S/C13H13N3.2ClH/c1-2-4-10(5-3-1)13-15-9-11-8-14-7-6-12(11)16-13;;/h1-5,9,14H,6-8H2;2*1H. The van der Waals surface area contributed by atoms with Crippen molar-refractivity contribution in [2.24, 2.45) is 0 Å². The van der Waals surface area contributed by atoms with Crippen molar-refractivity contribution >= 4 is 24.8 Å². The molecule has 96 valence electrons. The minimum atomic E-state index is 0. The van der Waals surface area contributed by atoms with E-state index in [2.05, 4.69) is 15.3 Å². The third-order valence-corrected chi connectivity index (χ3v) is 2.84. The predicted molar refractivity (Wildman–Crippen MR) is 77.4 cm³/mol. The SMILES string of the molecule is Cl.Cl.c1ccc(-c2ncc3c(n2)CCNC3)cc1. The van der Waals surface area contributed by atoms with E-state index < -0.39 is 0 Å². The molecule has 5 heteroatoms. The van der Waals surface area contributed by atoms with E-state index in [0.29, 0.717) is 0 Å². The summed E-state index contributed by atoms with van der Waals surface area (Å²) in [5.41, 5.74) is 3.50. The highest BCUT2D eigenvalue weighted by Crippen LogP contribution is 2.17. The maximum atomic E-state index is 4.63. The third-order valence-electron chi connectivity index (χ3n) is 2.84. The van der Waals surface area contributed by atoms with E-state index in [1.165, 1.54) is 11.3 Å². The van der Waals surface area contributed by atoms with Gasteiger partial charge in [0.15, 0.2) is 5.82 Å². The average Bonchev–Trinajstić information content (AvgIpc) is 2.39. The van der Waals surface area contributed by atoms with Gasteiger partial charge in [-0.3, -0.25) is 0 Å². The molecule has 0 radical (unpaired) electrons. The number of nitrogens with zero attached hydrogens (tertiary/aromatic N) is 2. The van der Waals surface area contributed by atoms with Crippen LogP contribution in [0.2, 0.25) is 0 Å². The summed E-state index contributed by atoms with van der Waals surface area (Å²) in [7, 11) is 0.